The standard InChI is InChI=1S/C15H22N2O.2H2/c1-11-8-9-14(10-12(11)2)17-15(18)16-13-6-4-3-5-7-13;;/h8-10,13H,3-7H2,1-2H3,(H2,16,17,18);2*1H. The molecule has 1 aliphatic rings. The smallest absolute Gasteiger partial charge is 0.319 e. The highest BCUT2D eigenvalue weighted by atomic mass is 16.2. The van der Waals surface area contributed by atoms with Gasteiger partial charge in [-0.25, -0.2) is 4.79 Å². The number of hydrogen-bond acceptors (Lipinski definition) is 1. The summed E-state index contributed by atoms with van der Waals surface area (Å²) in [7, 11) is 0. The number of rotatable bonds is 2. The maximum atomic E-state index is 11.9. The van der Waals surface area contributed by atoms with E-state index in [9.17, 15) is 4.79 Å². The van der Waals surface area contributed by atoms with E-state index in [4.69, 9.17) is 0 Å². The van der Waals surface area contributed by atoms with Gasteiger partial charge in [0.15, 0.2) is 0 Å². The molecule has 3 nitrogen and oxygen atoms in total. The normalized spacial score (nSPS) is 16.3. The molecule has 2 rings (SSSR count). The van der Waals surface area contributed by atoms with Crippen molar-refractivity contribution >= 4 is 11.7 Å². The molecule has 3 heteroatoms. The molecule has 0 aliphatic heterocycles. The van der Waals surface area contributed by atoms with E-state index in [0.29, 0.717) is 6.04 Å². The third-order valence-corrected chi connectivity index (χ3v) is 3.71. The Kier molecular flexibility index (Phi) is 4.24. The fourth-order valence-electron chi connectivity index (χ4n) is 2.42. The molecule has 2 amide bonds. The SMILES string of the molecule is Cc1ccc(NC(=O)NC2CCCCC2)cc1C.[HH].[HH]. The first-order chi connectivity index (χ1) is 8.65. The Bertz CT molecular complexity index is 432. The molecule has 1 aromatic rings. The van der Waals surface area contributed by atoms with Crippen LogP contribution in [0.2, 0.25) is 0 Å². The van der Waals surface area contributed by atoms with Gasteiger partial charge < -0.3 is 10.6 Å². The predicted octanol–water partition coefficient (Wildman–Crippen LogP) is 4.25. The number of urea groups is 1. The number of carbonyl (C=O) groups is 1. The summed E-state index contributed by atoms with van der Waals surface area (Å²) in [5, 5.41) is 5.96. The molecule has 1 aromatic carbocycles. The number of amides is 2. The highest BCUT2D eigenvalue weighted by molar-refractivity contribution is 5.89. The van der Waals surface area contributed by atoms with Gasteiger partial charge in [-0.2, -0.15) is 0 Å². The monoisotopic (exact) mass is 250 g/mol. The second-order valence-corrected chi connectivity index (χ2v) is 5.23. The van der Waals surface area contributed by atoms with Crippen LogP contribution in [0, 0.1) is 13.8 Å². The van der Waals surface area contributed by atoms with Crippen LogP contribution in [0.15, 0.2) is 18.2 Å². The summed E-state index contributed by atoms with van der Waals surface area (Å²) >= 11 is 0. The topological polar surface area (TPSA) is 41.1 Å². The van der Waals surface area contributed by atoms with E-state index in [1.54, 1.807) is 0 Å². The van der Waals surface area contributed by atoms with Gasteiger partial charge in [0.05, 0.1) is 0 Å². The van der Waals surface area contributed by atoms with Crippen LogP contribution in [-0.4, -0.2) is 12.1 Å². The maximum absolute atomic E-state index is 11.9. The average molecular weight is 250 g/mol. The maximum Gasteiger partial charge on any atom is 0.319 e. The Balaban J connectivity index is 0.00000180. The van der Waals surface area contributed by atoms with Gasteiger partial charge in [0, 0.05) is 14.6 Å². The zero-order valence-corrected chi connectivity index (χ0v) is 11.3. The molecular weight excluding hydrogens is 224 g/mol. The molecule has 102 valence electrons. The van der Waals surface area contributed by atoms with E-state index < -0.39 is 0 Å². The molecule has 0 atom stereocenters. The van der Waals surface area contributed by atoms with Gasteiger partial charge in [0.2, 0.25) is 0 Å². The van der Waals surface area contributed by atoms with Crippen LogP contribution in [0.4, 0.5) is 10.5 Å². The minimum Gasteiger partial charge on any atom is -0.335 e. The first-order valence-electron chi connectivity index (χ1n) is 6.80. The zero-order valence-electron chi connectivity index (χ0n) is 11.3. The van der Waals surface area contributed by atoms with Crippen LogP contribution in [0.3, 0.4) is 0 Å². The number of benzene rings is 1. The lowest BCUT2D eigenvalue weighted by molar-refractivity contribution is 0.244. The first-order valence-corrected chi connectivity index (χ1v) is 6.80. The van der Waals surface area contributed by atoms with Gasteiger partial charge in [-0.3, -0.25) is 0 Å². The summed E-state index contributed by atoms with van der Waals surface area (Å²) in [6.07, 6.45) is 5.99. The highest BCUT2D eigenvalue weighted by Gasteiger charge is 2.15. The minimum absolute atomic E-state index is 0. The van der Waals surface area contributed by atoms with Crippen molar-refractivity contribution < 1.29 is 7.65 Å². The van der Waals surface area contributed by atoms with Crippen LogP contribution >= 0.6 is 0 Å². The lowest BCUT2D eigenvalue weighted by Gasteiger charge is -2.22. The van der Waals surface area contributed by atoms with Crippen LogP contribution in [-0.2, 0) is 0 Å². The zero-order chi connectivity index (χ0) is 13.0. The van der Waals surface area contributed by atoms with Crippen molar-refractivity contribution in [3.63, 3.8) is 0 Å². The molecule has 0 bridgehead atoms. The first kappa shape index (κ1) is 12.9. The molecule has 0 radical (unpaired) electrons. The highest BCUT2D eigenvalue weighted by Crippen LogP contribution is 2.18. The van der Waals surface area contributed by atoms with E-state index >= 15 is 0 Å². The number of hydrogen-bond donors (Lipinski definition) is 2. The molecule has 2 N–H and O–H groups in total. The van der Waals surface area contributed by atoms with Crippen molar-refractivity contribution in [1.29, 1.82) is 0 Å². The number of carbonyl (C=O) groups excluding carboxylic acids is 1. The van der Waals surface area contributed by atoms with E-state index in [1.165, 1.54) is 30.4 Å². The third-order valence-electron chi connectivity index (χ3n) is 3.71. The van der Waals surface area contributed by atoms with E-state index in [2.05, 4.69) is 24.5 Å². The fourth-order valence-corrected chi connectivity index (χ4v) is 2.42. The number of aryl methyl sites for hydroxylation is 2. The number of anilines is 1. The second kappa shape index (κ2) is 5.89. The molecule has 0 unspecified atom stereocenters. The van der Waals surface area contributed by atoms with Crippen molar-refractivity contribution in [3.8, 4) is 0 Å². The summed E-state index contributed by atoms with van der Waals surface area (Å²) < 4.78 is 0. The van der Waals surface area contributed by atoms with Gasteiger partial charge in [0.1, 0.15) is 0 Å². The molecular formula is C15H26N2O. The predicted molar refractivity (Wildman–Crippen MR) is 79.2 cm³/mol. The summed E-state index contributed by atoms with van der Waals surface area (Å²) in [5.74, 6) is 0. The Labute approximate surface area is 112 Å². The second-order valence-electron chi connectivity index (χ2n) is 5.23. The van der Waals surface area contributed by atoms with Gasteiger partial charge >= 0.3 is 6.03 Å². The fraction of sp³-hybridized carbons (Fsp3) is 0.533. The summed E-state index contributed by atoms with van der Waals surface area (Å²) in [6.45, 7) is 4.13. The molecule has 0 aromatic heterocycles. The van der Waals surface area contributed by atoms with Crippen LogP contribution in [0.5, 0.6) is 0 Å². The lowest BCUT2D eigenvalue weighted by atomic mass is 9.96. The Morgan fingerprint density at radius 2 is 1.89 bits per heavy atom. The van der Waals surface area contributed by atoms with Crippen molar-refractivity contribution in [2.24, 2.45) is 0 Å². The van der Waals surface area contributed by atoms with Crippen LogP contribution < -0.4 is 10.6 Å². The van der Waals surface area contributed by atoms with Crippen molar-refractivity contribution in [2.45, 2.75) is 52.0 Å². The molecule has 1 aliphatic carbocycles. The van der Waals surface area contributed by atoms with Crippen LogP contribution in [0.1, 0.15) is 46.1 Å². The van der Waals surface area contributed by atoms with Gasteiger partial charge in [0.25, 0.3) is 0 Å². The Hall–Kier alpha value is -1.51. The van der Waals surface area contributed by atoms with Gasteiger partial charge in [-0.15, -0.1) is 0 Å². The quantitative estimate of drug-likeness (QED) is 0.809. The Morgan fingerprint density at radius 1 is 1.17 bits per heavy atom. The molecule has 1 saturated carbocycles. The van der Waals surface area contributed by atoms with E-state index in [0.717, 1.165) is 18.5 Å². The molecule has 18 heavy (non-hydrogen) atoms. The summed E-state index contributed by atoms with van der Waals surface area (Å²) in [6, 6.07) is 6.26. The average Bonchev–Trinajstić information content (AvgIpc) is 2.35. The largest absolute Gasteiger partial charge is 0.335 e. The van der Waals surface area contributed by atoms with E-state index in [1.807, 2.05) is 18.2 Å². The Morgan fingerprint density at radius 3 is 2.56 bits per heavy atom. The summed E-state index contributed by atoms with van der Waals surface area (Å²) in [5.41, 5.74) is 3.31. The van der Waals surface area contributed by atoms with Gasteiger partial charge in [-0.1, -0.05) is 25.3 Å². The van der Waals surface area contributed by atoms with Crippen molar-refractivity contribution in [1.82, 2.24) is 5.32 Å². The molecule has 0 saturated heterocycles. The molecule has 1 fully saturated rings. The lowest BCUT2D eigenvalue weighted by Crippen LogP contribution is -2.39. The van der Waals surface area contributed by atoms with Gasteiger partial charge in [-0.05, 0) is 49.9 Å². The molecule has 0 spiro atoms. The van der Waals surface area contributed by atoms with E-state index in [-0.39, 0.29) is 8.88 Å². The summed E-state index contributed by atoms with van der Waals surface area (Å²) in [4.78, 5) is 11.9. The van der Waals surface area contributed by atoms with Crippen molar-refractivity contribution in [2.75, 3.05) is 5.32 Å². The van der Waals surface area contributed by atoms with Crippen LogP contribution in [0.25, 0.3) is 0 Å². The third kappa shape index (κ3) is 3.49. The molecule has 0 heterocycles. The number of nitrogens with one attached hydrogen (secondary N) is 2. The van der Waals surface area contributed by atoms with Crippen molar-refractivity contribution in [3.05, 3.63) is 29.3 Å². The minimum atomic E-state index is -0.0786.